The van der Waals surface area contributed by atoms with Gasteiger partial charge >= 0.3 is 0 Å². The fraction of sp³-hybridized carbons (Fsp3) is 0. The van der Waals surface area contributed by atoms with E-state index in [0.717, 1.165) is 8.58 Å². The molecule has 0 atom stereocenters. The molecule has 0 aliphatic heterocycles. The number of hydrogen-bond acceptors (Lipinski definition) is 0. The molecule has 0 bridgehead atoms. The highest BCUT2D eigenvalue weighted by atomic mass is 31.1. The zero-order valence-electron chi connectivity index (χ0n) is 28.5. The second-order valence-corrected chi connectivity index (χ2v) is 17.4. The van der Waals surface area contributed by atoms with E-state index in [-0.39, 0.29) is 0 Å². The third-order valence-electron chi connectivity index (χ3n) is 7.92. The van der Waals surface area contributed by atoms with Gasteiger partial charge in [0.05, 0.1) is 0 Å². The third kappa shape index (κ3) is 11.0. The first-order valence-corrected chi connectivity index (χ1v) is 20.8. The molecule has 3 heteroatoms. The molecule has 51 heavy (non-hydrogen) atoms. The molecule has 0 aromatic heterocycles. The maximum atomic E-state index is 2.23. The molecule has 0 unspecified atom stereocenters. The summed E-state index contributed by atoms with van der Waals surface area (Å²) < 4.78 is 0. The van der Waals surface area contributed by atoms with E-state index < -0.39 is 15.8 Å². The van der Waals surface area contributed by atoms with Gasteiger partial charge in [0.1, 0.15) is 0 Å². The third-order valence-corrected chi connectivity index (χ3v) is 14.1. The average molecular weight is 711 g/mol. The average Bonchev–Trinajstić information content (AvgIpc) is 3.22. The Balaban J connectivity index is 0.000000134. The molecule has 8 aromatic carbocycles. The summed E-state index contributed by atoms with van der Waals surface area (Å²) in [5.41, 5.74) is 0. The molecule has 0 fully saturated rings. The van der Waals surface area contributed by atoms with Gasteiger partial charge in [-0.15, -0.1) is 0 Å². The highest BCUT2D eigenvalue weighted by molar-refractivity contribution is 7.80. The van der Waals surface area contributed by atoms with Gasteiger partial charge in [-0.05, 0) is 58.3 Å². The zero-order valence-corrected chi connectivity index (χ0v) is 31.3. The summed E-state index contributed by atoms with van der Waals surface area (Å²) in [6, 6.07) is 85.8. The molecule has 0 spiro atoms. The minimum absolute atomic E-state index is 0.446. The summed E-state index contributed by atoms with van der Waals surface area (Å²) in [5, 5.41) is 11.2. The Kier molecular flexibility index (Phi) is 14.1. The van der Waals surface area contributed by atoms with Crippen molar-refractivity contribution in [2.75, 3.05) is 0 Å². The van der Waals surface area contributed by atoms with Crippen LogP contribution < -0.4 is 42.4 Å². The second-order valence-electron chi connectivity index (χ2n) is 11.5. The molecule has 0 heterocycles. The highest BCUT2D eigenvalue weighted by Crippen LogP contribution is 2.33. The van der Waals surface area contributed by atoms with Crippen molar-refractivity contribution in [1.29, 1.82) is 0 Å². The summed E-state index contributed by atoms with van der Waals surface area (Å²) in [4.78, 5) is 0. The first-order valence-electron chi connectivity index (χ1n) is 17.1. The van der Waals surface area contributed by atoms with Crippen LogP contribution in [0.25, 0.3) is 0 Å². The monoisotopic (exact) mass is 710 g/mol. The molecule has 0 amide bonds. The van der Waals surface area contributed by atoms with E-state index in [1.54, 1.807) is 0 Å². The first kappa shape index (κ1) is 35.9. The van der Waals surface area contributed by atoms with Crippen LogP contribution in [0.1, 0.15) is 0 Å². The lowest BCUT2D eigenvalue weighted by molar-refractivity contribution is 1.74. The topological polar surface area (TPSA) is 0 Å². The maximum absolute atomic E-state index is 2.23. The second kappa shape index (κ2) is 20.0. The smallest absolute Gasteiger partial charge is 0.0134 e. The largest absolute Gasteiger partial charge is 0.0622 e. The van der Waals surface area contributed by atoms with E-state index in [1.807, 2.05) is 0 Å². The van der Waals surface area contributed by atoms with E-state index >= 15 is 0 Å². The van der Waals surface area contributed by atoms with Crippen molar-refractivity contribution in [1.82, 2.24) is 0 Å². The molecular formula is C48H41P3. The Labute approximate surface area is 308 Å². The number of rotatable bonds is 8. The fourth-order valence-corrected chi connectivity index (χ4v) is 11.2. The summed E-state index contributed by atoms with van der Waals surface area (Å²) in [6.07, 6.45) is 0. The number of hydrogen-bond donors (Lipinski definition) is 0. The predicted molar refractivity (Wildman–Crippen MR) is 231 cm³/mol. The van der Waals surface area contributed by atoms with Crippen LogP contribution in [0.5, 0.6) is 0 Å². The van der Waals surface area contributed by atoms with Gasteiger partial charge in [0.2, 0.25) is 0 Å². The molecule has 0 nitrogen and oxygen atoms in total. The Morgan fingerprint density at radius 2 is 0.353 bits per heavy atom. The molecule has 0 aliphatic carbocycles. The molecule has 0 saturated carbocycles. The standard InChI is InChI=1S/2C18H15P.C12H11P/c2*1-4-10-16(11-5-1)19(17-12-6-2-7-13-17)18-14-8-3-9-15-18;1-3-7-11(8-4-1)13-12-9-5-2-6-10-12/h2*1-15H;1-10,13H. The minimum atomic E-state index is -0.446. The molecular weight excluding hydrogens is 669 g/mol. The van der Waals surface area contributed by atoms with Gasteiger partial charge < -0.3 is 0 Å². The van der Waals surface area contributed by atoms with E-state index in [9.17, 15) is 0 Å². The Morgan fingerprint density at radius 3 is 0.529 bits per heavy atom. The van der Waals surface area contributed by atoms with Crippen LogP contribution in [0.15, 0.2) is 243 Å². The highest BCUT2D eigenvalue weighted by Gasteiger charge is 2.16. The van der Waals surface area contributed by atoms with Crippen molar-refractivity contribution in [2.24, 2.45) is 0 Å². The van der Waals surface area contributed by atoms with Gasteiger partial charge in [-0.25, -0.2) is 0 Å². The van der Waals surface area contributed by atoms with Gasteiger partial charge in [-0.3, -0.25) is 0 Å². The molecule has 8 aromatic rings. The summed E-state index contributed by atoms with van der Waals surface area (Å²) in [7, 11) is -0.115. The van der Waals surface area contributed by atoms with Crippen LogP contribution in [-0.4, -0.2) is 0 Å². The van der Waals surface area contributed by atoms with Crippen LogP contribution in [0, 0.1) is 0 Å². The quantitative estimate of drug-likeness (QED) is 0.138. The predicted octanol–water partition coefficient (Wildman–Crippen LogP) is 9.21. The van der Waals surface area contributed by atoms with Crippen molar-refractivity contribution in [3.8, 4) is 0 Å². The van der Waals surface area contributed by atoms with E-state index in [1.165, 1.54) is 42.4 Å². The Hall–Kier alpha value is -4.95. The van der Waals surface area contributed by atoms with E-state index in [0.29, 0.717) is 0 Å². The van der Waals surface area contributed by atoms with Gasteiger partial charge in [0.15, 0.2) is 0 Å². The van der Waals surface area contributed by atoms with Crippen molar-refractivity contribution in [2.45, 2.75) is 0 Å². The number of benzene rings is 8. The van der Waals surface area contributed by atoms with Gasteiger partial charge in [0.25, 0.3) is 0 Å². The molecule has 0 aliphatic rings. The van der Waals surface area contributed by atoms with Crippen molar-refractivity contribution < 1.29 is 0 Å². The Bertz CT molecular complexity index is 1730. The maximum Gasteiger partial charge on any atom is -0.0134 e. The van der Waals surface area contributed by atoms with Crippen LogP contribution in [0.4, 0.5) is 0 Å². The Morgan fingerprint density at radius 1 is 0.196 bits per heavy atom. The molecule has 0 N–H and O–H groups in total. The SMILES string of the molecule is c1ccc(P(c2ccccc2)c2ccccc2)cc1.c1ccc(P(c2ccccc2)c2ccccc2)cc1.c1ccc(Pc2ccccc2)cc1. The van der Waals surface area contributed by atoms with Gasteiger partial charge in [0, 0.05) is 0 Å². The zero-order chi connectivity index (χ0) is 34.8. The molecule has 248 valence electrons. The van der Waals surface area contributed by atoms with Crippen LogP contribution in [-0.2, 0) is 0 Å². The summed E-state index contributed by atoms with van der Waals surface area (Å²) in [5.74, 6) is 0. The molecule has 8 rings (SSSR count). The lowest BCUT2D eigenvalue weighted by atomic mass is 10.4. The van der Waals surface area contributed by atoms with E-state index in [2.05, 4.69) is 243 Å². The van der Waals surface area contributed by atoms with Crippen molar-refractivity contribution >= 4 is 66.9 Å². The lowest BCUT2D eigenvalue weighted by Gasteiger charge is -2.18. The fourth-order valence-electron chi connectivity index (χ4n) is 5.57. The van der Waals surface area contributed by atoms with Crippen LogP contribution in [0.3, 0.4) is 0 Å². The summed E-state index contributed by atoms with van der Waals surface area (Å²) >= 11 is 0. The van der Waals surface area contributed by atoms with Crippen LogP contribution in [0.2, 0.25) is 0 Å². The van der Waals surface area contributed by atoms with E-state index in [4.69, 9.17) is 0 Å². The van der Waals surface area contributed by atoms with Crippen molar-refractivity contribution in [3.63, 3.8) is 0 Å². The lowest BCUT2D eigenvalue weighted by Crippen LogP contribution is -2.20. The first-order chi connectivity index (χ1) is 25.3. The van der Waals surface area contributed by atoms with Gasteiger partial charge in [-0.1, -0.05) is 251 Å². The molecule has 0 saturated heterocycles. The van der Waals surface area contributed by atoms with Crippen molar-refractivity contribution in [3.05, 3.63) is 243 Å². The summed E-state index contributed by atoms with van der Waals surface area (Å²) in [6.45, 7) is 0. The molecule has 0 radical (unpaired) electrons. The minimum Gasteiger partial charge on any atom is -0.0622 e. The van der Waals surface area contributed by atoms with Gasteiger partial charge in [-0.2, -0.15) is 0 Å². The van der Waals surface area contributed by atoms with Crippen LogP contribution >= 0.6 is 24.4 Å². The normalized spacial score (nSPS) is 10.4.